The molecule has 6 heteroatoms. The Balaban J connectivity index is 1.95. The quantitative estimate of drug-likeness (QED) is 0.459. The minimum absolute atomic E-state index is 0.640. The highest BCUT2D eigenvalue weighted by molar-refractivity contribution is 6.33. The first-order valence-corrected chi connectivity index (χ1v) is 11.4. The van der Waals surface area contributed by atoms with Crippen LogP contribution in [0.3, 0.4) is 0 Å². The summed E-state index contributed by atoms with van der Waals surface area (Å²) in [7, 11) is 1.65. The molecule has 0 atom stereocenters. The summed E-state index contributed by atoms with van der Waals surface area (Å²) in [5.74, 6) is 8.20. The third kappa shape index (κ3) is 3.97. The molecule has 1 aromatic carbocycles. The van der Waals surface area contributed by atoms with Gasteiger partial charge in [0.25, 0.3) is 0 Å². The van der Waals surface area contributed by atoms with Crippen LogP contribution < -0.4 is 9.64 Å². The number of ether oxygens (including phenoxy) is 1. The minimum atomic E-state index is 0.640. The van der Waals surface area contributed by atoms with E-state index in [9.17, 15) is 0 Å². The van der Waals surface area contributed by atoms with Crippen molar-refractivity contribution in [1.29, 1.82) is 0 Å². The summed E-state index contributed by atoms with van der Waals surface area (Å²) < 4.78 is 7.36. The Hall–Kier alpha value is -2.71. The van der Waals surface area contributed by atoms with E-state index in [1.54, 1.807) is 7.11 Å². The average molecular weight is 437 g/mol. The molecule has 31 heavy (non-hydrogen) atoms. The average Bonchev–Trinajstić information content (AvgIpc) is 3.36. The van der Waals surface area contributed by atoms with Crippen LogP contribution in [0.2, 0.25) is 5.02 Å². The van der Waals surface area contributed by atoms with Crippen LogP contribution in [0.4, 0.5) is 5.82 Å². The van der Waals surface area contributed by atoms with Gasteiger partial charge in [-0.25, -0.2) is 4.98 Å². The van der Waals surface area contributed by atoms with Crippen molar-refractivity contribution in [2.75, 3.05) is 25.1 Å². The largest absolute Gasteiger partial charge is 0.497 e. The maximum absolute atomic E-state index is 6.66. The molecule has 4 rings (SSSR count). The molecule has 0 amide bonds. The van der Waals surface area contributed by atoms with Crippen LogP contribution in [0.1, 0.15) is 50.1 Å². The van der Waals surface area contributed by atoms with E-state index in [0.29, 0.717) is 11.6 Å². The smallest absolute Gasteiger partial charge is 0.165 e. The Morgan fingerprint density at radius 2 is 2.13 bits per heavy atom. The Morgan fingerprint density at radius 1 is 1.29 bits per heavy atom. The molecule has 0 N–H and O–H groups in total. The summed E-state index contributed by atoms with van der Waals surface area (Å²) in [6.07, 6.45) is 5.41. The van der Waals surface area contributed by atoms with Crippen LogP contribution in [0.15, 0.2) is 18.2 Å². The van der Waals surface area contributed by atoms with Crippen LogP contribution in [-0.4, -0.2) is 34.8 Å². The standard InChI is InChI=1S/C25H29ClN4O/c1-5-7-14-29(15-8-6-2)25-20-10-9-11-22(20)27-24-23(17(3)28-30(24)25)19-13-12-18(31-4)16-21(19)26/h12-13,16H,5,7,9-11,14-15H2,1-4H3. The van der Waals surface area contributed by atoms with Gasteiger partial charge < -0.3 is 9.64 Å². The first kappa shape index (κ1) is 21.5. The zero-order valence-electron chi connectivity index (χ0n) is 18.8. The number of halogens is 1. The molecule has 5 nitrogen and oxygen atoms in total. The van der Waals surface area contributed by atoms with Gasteiger partial charge in [0, 0.05) is 23.4 Å². The molecule has 0 bridgehead atoms. The molecule has 2 aromatic heterocycles. The maximum atomic E-state index is 6.66. The number of methoxy groups -OCH3 is 1. The van der Waals surface area contributed by atoms with Crippen molar-refractivity contribution >= 4 is 23.1 Å². The molecular weight excluding hydrogens is 408 g/mol. The lowest BCUT2D eigenvalue weighted by atomic mass is 10.1. The third-order valence-electron chi connectivity index (χ3n) is 5.91. The van der Waals surface area contributed by atoms with Crippen molar-refractivity contribution in [2.45, 2.75) is 52.9 Å². The number of hydrogen-bond acceptors (Lipinski definition) is 4. The second-order valence-corrected chi connectivity index (χ2v) is 8.36. The number of anilines is 1. The highest BCUT2D eigenvalue weighted by atomic mass is 35.5. The van der Waals surface area contributed by atoms with Crippen molar-refractivity contribution in [3.63, 3.8) is 0 Å². The van der Waals surface area contributed by atoms with Crippen LogP contribution in [-0.2, 0) is 12.8 Å². The molecule has 0 unspecified atom stereocenters. The zero-order chi connectivity index (χ0) is 22.0. The normalized spacial score (nSPS) is 12.5. The van der Waals surface area contributed by atoms with Gasteiger partial charge in [-0.15, -0.1) is 5.92 Å². The number of rotatable bonds is 7. The Kier molecular flexibility index (Phi) is 6.38. The van der Waals surface area contributed by atoms with E-state index >= 15 is 0 Å². The SMILES string of the molecule is CC#CCN(CCCC)c1c2c(nc3c(-c4ccc(OC)cc4Cl)c(C)nn13)CCC2. The second kappa shape index (κ2) is 9.20. The maximum Gasteiger partial charge on any atom is 0.165 e. The number of aryl methyl sites for hydroxylation is 2. The Labute approximate surface area is 189 Å². The molecule has 1 aliphatic rings. The summed E-state index contributed by atoms with van der Waals surface area (Å²) in [6, 6.07) is 5.78. The van der Waals surface area contributed by atoms with Gasteiger partial charge in [0.1, 0.15) is 11.6 Å². The fourth-order valence-electron chi connectivity index (χ4n) is 4.36. The lowest BCUT2D eigenvalue weighted by Gasteiger charge is -2.25. The molecule has 0 spiro atoms. The van der Waals surface area contributed by atoms with E-state index in [1.807, 2.05) is 36.6 Å². The van der Waals surface area contributed by atoms with Gasteiger partial charge in [0.2, 0.25) is 0 Å². The predicted molar refractivity (Wildman–Crippen MR) is 127 cm³/mol. The van der Waals surface area contributed by atoms with Crippen molar-refractivity contribution in [3.8, 4) is 28.7 Å². The number of hydrogen-bond donors (Lipinski definition) is 0. The predicted octanol–water partition coefficient (Wildman–Crippen LogP) is 5.49. The van der Waals surface area contributed by atoms with Crippen LogP contribution >= 0.6 is 11.6 Å². The first-order chi connectivity index (χ1) is 15.1. The van der Waals surface area contributed by atoms with E-state index in [4.69, 9.17) is 26.4 Å². The topological polar surface area (TPSA) is 42.7 Å². The minimum Gasteiger partial charge on any atom is -0.497 e. The van der Waals surface area contributed by atoms with Crippen molar-refractivity contribution in [1.82, 2.24) is 14.6 Å². The summed E-state index contributed by atoms with van der Waals surface area (Å²) >= 11 is 6.66. The molecule has 0 fully saturated rings. The molecule has 0 aliphatic heterocycles. The van der Waals surface area contributed by atoms with Gasteiger partial charge in [0.15, 0.2) is 5.65 Å². The molecule has 1 aliphatic carbocycles. The lowest BCUT2D eigenvalue weighted by Crippen LogP contribution is -2.29. The van der Waals surface area contributed by atoms with Gasteiger partial charge >= 0.3 is 0 Å². The van der Waals surface area contributed by atoms with Crippen LogP contribution in [0.25, 0.3) is 16.8 Å². The Bertz CT molecular complexity index is 1170. The van der Waals surface area contributed by atoms with Gasteiger partial charge in [-0.1, -0.05) is 30.9 Å². The third-order valence-corrected chi connectivity index (χ3v) is 6.22. The molecule has 2 heterocycles. The van der Waals surface area contributed by atoms with Gasteiger partial charge in [-0.2, -0.15) is 9.61 Å². The molecule has 162 valence electrons. The fourth-order valence-corrected chi connectivity index (χ4v) is 4.63. The van der Waals surface area contributed by atoms with Gasteiger partial charge in [0.05, 0.1) is 29.9 Å². The second-order valence-electron chi connectivity index (χ2n) is 7.96. The monoisotopic (exact) mass is 436 g/mol. The van der Waals surface area contributed by atoms with E-state index in [-0.39, 0.29) is 0 Å². The summed E-state index contributed by atoms with van der Waals surface area (Å²) in [5.41, 5.74) is 6.20. The van der Waals surface area contributed by atoms with E-state index < -0.39 is 0 Å². The van der Waals surface area contributed by atoms with E-state index in [1.165, 1.54) is 11.3 Å². The van der Waals surface area contributed by atoms with Crippen molar-refractivity contribution in [3.05, 3.63) is 40.2 Å². The summed E-state index contributed by atoms with van der Waals surface area (Å²) in [6.45, 7) is 7.79. The zero-order valence-corrected chi connectivity index (χ0v) is 19.5. The highest BCUT2D eigenvalue weighted by Gasteiger charge is 2.27. The number of unbranched alkanes of at least 4 members (excludes halogenated alkanes) is 1. The summed E-state index contributed by atoms with van der Waals surface area (Å²) in [4.78, 5) is 7.47. The van der Waals surface area contributed by atoms with E-state index in [2.05, 4.69) is 23.7 Å². The van der Waals surface area contributed by atoms with Gasteiger partial charge in [-0.05, 0) is 57.7 Å². The first-order valence-electron chi connectivity index (χ1n) is 11.0. The molecule has 0 saturated heterocycles. The lowest BCUT2D eigenvalue weighted by molar-refractivity contribution is 0.415. The number of fused-ring (bicyclic) bond motifs is 2. The van der Waals surface area contributed by atoms with Crippen molar-refractivity contribution < 1.29 is 4.74 Å². The molecule has 3 aromatic rings. The highest BCUT2D eigenvalue weighted by Crippen LogP contribution is 2.39. The number of aromatic nitrogens is 3. The number of nitrogens with zero attached hydrogens (tertiary/aromatic N) is 4. The van der Waals surface area contributed by atoms with Crippen molar-refractivity contribution in [2.24, 2.45) is 0 Å². The molecular formula is C25H29ClN4O. The Morgan fingerprint density at radius 3 is 2.84 bits per heavy atom. The van der Waals surface area contributed by atoms with Crippen LogP contribution in [0, 0.1) is 18.8 Å². The number of benzene rings is 1. The molecule has 0 radical (unpaired) electrons. The fraction of sp³-hybridized carbons (Fsp3) is 0.440. The van der Waals surface area contributed by atoms with Gasteiger partial charge in [-0.3, -0.25) is 0 Å². The van der Waals surface area contributed by atoms with E-state index in [0.717, 1.165) is 72.7 Å². The van der Waals surface area contributed by atoms with Crippen LogP contribution in [0.5, 0.6) is 5.75 Å². The molecule has 0 saturated carbocycles. The summed E-state index contributed by atoms with van der Waals surface area (Å²) in [5, 5.41) is 5.60.